The van der Waals surface area contributed by atoms with Crippen LogP contribution in [-0.2, 0) is 16.0 Å². The number of pyridine rings is 1. The minimum absolute atomic E-state index is 0.0821. The fraction of sp³-hybridized carbons (Fsp3) is 0.421. The molecule has 0 spiro atoms. The van der Waals surface area contributed by atoms with Crippen molar-refractivity contribution in [2.24, 2.45) is 17.1 Å². The number of aromatic nitrogens is 1. The highest BCUT2D eigenvalue weighted by Crippen LogP contribution is 2.47. The second kappa shape index (κ2) is 5.81. The lowest BCUT2D eigenvalue weighted by Gasteiger charge is -2.20. The maximum Gasteiger partial charge on any atom is 0.238 e. The Morgan fingerprint density at radius 3 is 2.68 bits per heavy atom. The number of primary amides is 1. The Bertz CT molecular complexity index is 847. The van der Waals surface area contributed by atoms with E-state index >= 15 is 0 Å². The number of amides is 2. The standard InChI is InChI=1S/C19H21N3O3/c20-17(24)19(7-8-19)18(25)22-10-13(16(23)11-22)9-14-6-5-12-3-1-2-4-15(12)21-14/h1-6,13,16,23H,7-11H2,(H2,20,24)/t13-,16-/m1/s1. The van der Waals surface area contributed by atoms with Gasteiger partial charge >= 0.3 is 0 Å². The summed E-state index contributed by atoms with van der Waals surface area (Å²) in [6.07, 6.45) is 1.02. The number of aliphatic hydroxyl groups excluding tert-OH is 1. The monoisotopic (exact) mass is 339 g/mol. The molecule has 2 atom stereocenters. The van der Waals surface area contributed by atoms with Crippen molar-refractivity contribution in [3.63, 3.8) is 0 Å². The van der Waals surface area contributed by atoms with E-state index in [4.69, 9.17) is 5.73 Å². The first-order chi connectivity index (χ1) is 12.0. The van der Waals surface area contributed by atoms with Gasteiger partial charge in [0.1, 0.15) is 5.41 Å². The van der Waals surface area contributed by atoms with Crippen molar-refractivity contribution in [3.8, 4) is 0 Å². The molecule has 4 rings (SSSR count). The number of hydrogen-bond donors (Lipinski definition) is 2. The normalized spacial score (nSPS) is 24.4. The van der Waals surface area contributed by atoms with Crippen molar-refractivity contribution in [1.82, 2.24) is 9.88 Å². The fourth-order valence-corrected chi connectivity index (χ4v) is 3.70. The van der Waals surface area contributed by atoms with Gasteiger partial charge in [-0.15, -0.1) is 0 Å². The van der Waals surface area contributed by atoms with Crippen molar-refractivity contribution >= 4 is 22.7 Å². The van der Waals surface area contributed by atoms with Gasteiger partial charge in [0, 0.05) is 30.1 Å². The molecule has 6 heteroatoms. The van der Waals surface area contributed by atoms with Gasteiger partial charge < -0.3 is 15.7 Å². The maximum atomic E-state index is 12.6. The number of carbonyl (C=O) groups excluding carboxylic acids is 2. The predicted molar refractivity (Wildman–Crippen MR) is 92.4 cm³/mol. The summed E-state index contributed by atoms with van der Waals surface area (Å²) in [6.45, 7) is 0.690. The minimum Gasteiger partial charge on any atom is -0.391 e. The maximum absolute atomic E-state index is 12.6. The number of β-amino-alcohol motifs (C(OH)–C–C–N with tert-alkyl or cyclic N) is 1. The zero-order valence-corrected chi connectivity index (χ0v) is 13.9. The number of likely N-dealkylation sites (tertiary alicyclic amines) is 1. The van der Waals surface area contributed by atoms with Crippen LogP contribution in [0.3, 0.4) is 0 Å². The van der Waals surface area contributed by atoms with Crippen LogP contribution in [0.15, 0.2) is 36.4 Å². The summed E-state index contributed by atoms with van der Waals surface area (Å²) >= 11 is 0. The van der Waals surface area contributed by atoms with E-state index in [0.29, 0.717) is 25.8 Å². The molecule has 0 radical (unpaired) electrons. The largest absolute Gasteiger partial charge is 0.391 e. The summed E-state index contributed by atoms with van der Waals surface area (Å²) in [4.78, 5) is 30.4. The average Bonchev–Trinajstić information content (AvgIpc) is 3.34. The molecule has 2 fully saturated rings. The molecule has 25 heavy (non-hydrogen) atoms. The lowest BCUT2D eigenvalue weighted by molar-refractivity contribution is -0.142. The third-order valence-electron chi connectivity index (χ3n) is 5.45. The van der Waals surface area contributed by atoms with Crippen LogP contribution in [0.5, 0.6) is 0 Å². The number of aliphatic hydroxyl groups is 1. The molecule has 2 aromatic rings. The van der Waals surface area contributed by atoms with Crippen molar-refractivity contribution in [2.45, 2.75) is 25.4 Å². The van der Waals surface area contributed by atoms with E-state index in [1.54, 1.807) is 4.90 Å². The molecule has 1 aromatic carbocycles. The third kappa shape index (κ3) is 2.76. The second-order valence-corrected chi connectivity index (χ2v) is 7.18. The highest BCUT2D eigenvalue weighted by atomic mass is 16.3. The molecule has 2 amide bonds. The highest BCUT2D eigenvalue weighted by Gasteiger charge is 2.58. The topological polar surface area (TPSA) is 96.5 Å². The highest BCUT2D eigenvalue weighted by molar-refractivity contribution is 6.07. The summed E-state index contributed by atoms with van der Waals surface area (Å²) < 4.78 is 0. The van der Waals surface area contributed by atoms with Crippen LogP contribution >= 0.6 is 0 Å². The van der Waals surface area contributed by atoms with E-state index in [2.05, 4.69) is 4.98 Å². The first-order valence-electron chi connectivity index (χ1n) is 8.62. The fourth-order valence-electron chi connectivity index (χ4n) is 3.70. The van der Waals surface area contributed by atoms with Gasteiger partial charge in [-0.3, -0.25) is 14.6 Å². The van der Waals surface area contributed by atoms with E-state index in [0.717, 1.165) is 16.6 Å². The van der Waals surface area contributed by atoms with Gasteiger partial charge in [0.15, 0.2) is 0 Å². The van der Waals surface area contributed by atoms with Crippen molar-refractivity contribution < 1.29 is 14.7 Å². The lowest BCUT2D eigenvalue weighted by atomic mass is 9.99. The van der Waals surface area contributed by atoms with Gasteiger partial charge in [-0.2, -0.15) is 0 Å². The number of rotatable bonds is 4. The van der Waals surface area contributed by atoms with Gasteiger partial charge in [-0.1, -0.05) is 24.3 Å². The van der Waals surface area contributed by atoms with Gasteiger partial charge in [-0.25, -0.2) is 0 Å². The molecule has 0 bridgehead atoms. The smallest absolute Gasteiger partial charge is 0.238 e. The Hall–Kier alpha value is -2.47. The number of nitrogens with zero attached hydrogens (tertiary/aromatic N) is 2. The molecule has 1 saturated heterocycles. The van der Waals surface area contributed by atoms with Crippen molar-refractivity contribution in [2.75, 3.05) is 13.1 Å². The van der Waals surface area contributed by atoms with E-state index in [9.17, 15) is 14.7 Å². The Morgan fingerprint density at radius 2 is 1.96 bits per heavy atom. The van der Waals surface area contributed by atoms with Crippen LogP contribution < -0.4 is 5.73 Å². The van der Waals surface area contributed by atoms with Crippen molar-refractivity contribution in [3.05, 3.63) is 42.1 Å². The molecular weight excluding hydrogens is 318 g/mol. The molecule has 130 valence electrons. The number of benzene rings is 1. The molecule has 6 nitrogen and oxygen atoms in total. The predicted octanol–water partition coefficient (Wildman–Crippen LogP) is 0.862. The van der Waals surface area contributed by atoms with Gasteiger partial charge in [0.05, 0.1) is 11.6 Å². The Balaban J connectivity index is 1.48. The molecule has 1 aromatic heterocycles. The van der Waals surface area contributed by atoms with Crippen LogP contribution in [0.1, 0.15) is 18.5 Å². The molecule has 2 aliphatic rings. The van der Waals surface area contributed by atoms with Gasteiger partial charge in [0.25, 0.3) is 0 Å². The molecule has 3 N–H and O–H groups in total. The first-order valence-corrected chi connectivity index (χ1v) is 8.62. The van der Waals surface area contributed by atoms with E-state index in [1.807, 2.05) is 36.4 Å². The number of carbonyl (C=O) groups is 2. The van der Waals surface area contributed by atoms with Crippen LogP contribution in [0, 0.1) is 11.3 Å². The minimum atomic E-state index is -1.02. The van der Waals surface area contributed by atoms with E-state index in [1.165, 1.54) is 0 Å². The summed E-state index contributed by atoms with van der Waals surface area (Å²) in [5, 5.41) is 11.4. The van der Waals surface area contributed by atoms with Gasteiger partial charge in [0.2, 0.25) is 11.8 Å². The average molecular weight is 339 g/mol. The summed E-state index contributed by atoms with van der Waals surface area (Å²) in [6, 6.07) is 11.9. The quantitative estimate of drug-likeness (QED) is 0.808. The SMILES string of the molecule is NC(=O)C1(C(=O)N2C[C@@H](Cc3ccc4ccccc4n3)[C@H](O)C2)CC1. The number of para-hydroxylation sites is 1. The van der Waals surface area contributed by atoms with E-state index in [-0.39, 0.29) is 18.4 Å². The third-order valence-corrected chi connectivity index (χ3v) is 5.45. The molecule has 0 unspecified atom stereocenters. The second-order valence-electron chi connectivity index (χ2n) is 7.18. The Morgan fingerprint density at radius 1 is 1.20 bits per heavy atom. The number of nitrogens with two attached hydrogens (primary N) is 1. The Labute approximate surface area is 145 Å². The summed E-state index contributed by atoms with van der Waals surface area (Å²) in [5.74, 6) is -0.860. The van der Waals surface area contributed by atoms with Crippen LogP contribution in [-0.4, -0.2) is 46.0 Å². The zero-order chi connectivity index (χ0) is 17.6. The zero-order valence-electron chi connectivity index (χ0n) is 13.9. The van der Waals surface area contributed by atoms with E-state index < -0.39 is 17.4 Å². The number of fused-ring (bicyclic) bond motifs is 1. The summed E-state index contributed by atoms with van der Waals surface area (Å²) in [5.41, 5.74) is 6.19. The van der Waals surface area contributed by atoms with Gasteiger partial charge in [-0.05, 0) is 31.4 Å². The lowest BCUT2D eigenvalue weighted by Crippen LogP contribution is -2.42. The van der Waals surface area contributed by atoms with Crippen LogP contribution in [0.25, 0.3) is 10.9 Å². The molecule has 1 saturated carbocycles. The number of hydrogen-bond acceptors (Lipinski definition) is 4. The van der Waals surface area contributed by atoms with Crippen LogP contribution in [0.2, 0.25) is 0 Å². The molecule has 2 heterocycles. The first kappa shape index (κ1) is 16.0. The molecule has 1 aliphatic carbocycles. The van der Waals surface area contributed by atoms with Crippen LogP contribution in [0.4, 0.5) is 0 Å². The Kier molecular flexibility index (Phi) is 3.72. The molecule has 1 aliphatic heterocycles. The molecular formula is C19H21N3O3. The summed E-state index contributed by atoms with van der Waals surface area (Å²) in [7, 11) is 0. The van der Waals surface area contributed by atoms with Crippen molar-refractivity contribution in [1.29, 1.82) is 0 Å².